The number of nitrogens with one attached hydrogen (secondary N) is 1. The Morgan fingerprint density at radius 2 is 1.53 bits per heavy atom. The Hall–Kier alpha value is -3.21. The summed E-state index contributed by atoms with van der Waals surface area (Å²) >= 11 is 0. The summed E-state index contributed by atoms with van der Waals surface area (Å²) in [5.41, 5.74) is 0.462. The molecule has 198 valence electrons. The van der Waals surface area contributed by atoms with Gasteiger partial charge >= 0.3 is 18.0 Å². The van der Waals surface area contributed by atoms with Crippen LogP contribution in [0.2, 0.25) is 0 Å². The topological polar surface area (TPSA) is 130 Å². The Kier molecular flexibility index (Phi) is 11.6. The van der Waals surface area contributed by atoms with E-state index in [9.17, 15) is 19.5 Å². The van der Waals surface area contributed by atoms with E-state index in [-0.39, 0.29) is 0 Å². The van der Waals surface area contributed by atoms with Crippen LogP contribution in [-0.2, 0) is 33.3 Å². The fraction of sp³-hybridized carbons (Fsp3) is 0.500. The van der Waals surface area contributed by atoms with Gasteiger partial charge in [0.2, 0.25) is 0 Å². The summed E-state index contributed by atoms with van der Waals surface area (Å²) in [5, 5.41) is 12.5. The number of aliphatic hydroxyl groups excluding tert-OH is 1. The molecule has 0 bridgehead atoms. The second kappa shape index (κ2) is 14.4. The van der Waals surface area contributed by atoms with Crippen LogP contribution in [0.4, 0.5) is 10.5 Å². The summed E-state index contributed by atoms with van der Waals surface area (Å²) in [6.07, 6.45) is -3.33. The molecule has 0 aromatic heterocycles. The van der Waals surface area contributed by atoms with E-state index in [1.54, 1.807) is 56.3 Å². The number of rotatable bonds is 12. The zero-order chi connectivity index (χ0) is 26.7. The van der Waals surface area contributed by atoms with Gasteiger partial charge in [0, 0.05) is 12.8 Å². The molecular weight excluding hydrogens is 470 g/mol. The van der Waals surface area contributed by atoms with Gasteiger partial charge < -0.3 is 28.8 Å². The van der Waals surface area contributed by atoms with Crippen molar-refractivity contribution in [3.05, 3.63) is 55.6 Å². The number of benzene rings is 1. The maximum Gasteiger partial charge on any atom is 0.412 e. The van der Waals surface area contributed by atoms with Gasteiger partial charge in [-0.15, -0.1) is 13.2 Å². The first-order valence-electron chi connectivity index (χ1n) is 11.7. The van der Waals surface area contributed by atoms with Gasteiger partial charge in [-0.05, 0) is 25.0 Å². The molecule has 2 rings (SSSR count). The van der Waals surface area contributed by atoms with Crippen molar-refractivity contribution in [3.63, 3.8) is 0 Å². The van der Waals surface area contributed by atoms with Crippen molar-refractivity contribution in [3.8, 4) is 0 Å². The van der Waals surface area contributed by atoms with Gasteiger partial charge in [-0.25, -0.2) is 4.79 Å². The van der Waals surface area contributed by atoms with Crippen molar-refractivity contribution < 1.29 is 43.2 Å². The number of hydrogen-bond donors (Lipinski definition) is 2. The molecule has 0 unspecified atom stereocenters. The van der Waals surface area contributed by atoms with E-state index in [1.807, 2.05) is 0 Å². The lowest BCUT2D eigenvalue weighted by Crippen LogP contribution is -2.63. The minimum absolute atomic E-state index is 0.333. The molecule has 0 saturated carbocycles. The van der Waals surface area contributed by atoms with E-state index in [4.69, 9.17) is 23.7 Å². The highest BCUT2D eigenvalue weighted by Gasteiger charge is 2.53. The van der Waals surface area contributed by atoms with Crippen LogP contribution in [0.5, 0.6) is 0 Å². The molecule has 2 N–H and O–H groups in total. The first-order valence-corrected chi connectivity index (χ1v) is 11.7. The Labute approximate surface area is 211 Å². The summed E-state index contributed by atoms with van der Waals surface area (Å²) in [6, 6.07) is 8.55. The molecule has 1 aromatic carbocycles. The number of carbonyl (C=O) groups is 3. The van der Waals surface area contributed by atoms with Crippen LogP contribution >= 0.6 is 0 Å². The molecule has 1 fully saturated rings. The monoisotopic (exact) mass is 505 g/mol. The van der Waals surface area contributed by atoms with Crippen LogP contribution in [0, 0.1) is 11.8 Å². The van der Waals surface area contributed by atoms with Crippen LogP contribution in [0.1, 0.15) is 26.7 Å². The number of aliphatic hydroxyl groups is 1. The summed E-state index contributed by atoms with van der Waals surface area (Å²) in [4.78, 5) is 38.3. The number of para-hydroxylation sites is 1. The van der Waals surface area contributed by atoms with Crippen LogP contribution in [-0.4, -0.2) is 67.6 Å². The van der Waals surface area contributed by atoms with Crippen LogP contribution in [0.15, 0.2) is 55.6 Å². The van der Waals surface area contributed by atoms with Gasteiger partial charge in [0.25, 0.3) is 0 Å². The molecule has 1 aromatic rings. The summed E-state index contributed by atoms with van der Waals surface area (Å²) in [7, 11) is 1.32. The molecule has 0 spiro atoms. The standard InChI is InChI=1S/C26H35NO9/c1-6-11-16(3)23(29)34-21-20(36-26(31)27-18-13-9-8-10-14-18)19(15-28)33-25(32-5)22(21)35-24(30)17(4)12-7-2/h6-10,13-14,16-17,19-22,25,28H,1-2,11-12,15H2,3-5H3,(H,27,31)/t16-,17-,19+,20+,21-,22-,25-/m0/s1. The van der Waals surface area contributed by atoms with Crippen LogP contribution < -0.4 is 5.32 Å². The third-order valence-electron chi connectivity index (χ3n) is 5.62. The van der Waals surface area contributed by atoms with Crippen molar-refractivity contribution in [1.29, 1.82) is 0 Å². The summed E-state index contributed by atoms with van der Waals surface area (Å²) in [6.45, 7) is 9.96. The molecule has 1 aliphatic rings. The van der Waals surface area contributed by atoms with Crippen molar-refractivity contribution in [1.82, 2.24) is 0 Å². The summed E-state index contributed by atoms with van der Waals surface area (Å²) in [5.74, 6) is -2.37. The number of ether oxygens (including phenoxy) is 5. The maximum absolute atomic E-state index is 12.9. The molecular formula is C26H35NO9. The fourth-order valence-corrected chi connectivity index (χ4v) is 3.60. The minimum Gasteiger partial charge on any atom is -0.454 e. The first-order chi connectivity index (χ1) is 17.2. The maximum atomic E-state index is 12.9. The van der Waals surface area contributed by atoms with E-state index >= 15 is 0 Å². The number of anilines is 1. The number of methoxy groups -OCH3 is 1. The van der Waals surface area contributed by atoms with E-state index in [0.717, 1.165) is 0 Å². The number of esters is 2. The van der Waals surface area contributed by atoms with Gasteiger partial charge in [0.05, 0.1) is 18.4 Å². The molecule has 10 nitrogen and oxygen atoms in total. The largest absolute Gasteiger partial charge is 0.454 e. The van der Waals surface area contributed by atoms with Gasteiger partial charge in [-0.1, -0.05) is 44.2 Å². The zero-order valence-corrected chi connectivity index (χ0v) is 20.8. The molecule has 1 heterocycles. The Morgan fingerprint density at radius 1 is 0.972 bits per heavy atom. The Bertz CT molecular complexity index is 891. The van der Waals surface area contributed by atoms with Crippen molar-refractivity contribution in [2.75, 3.05) is 19.0 Å². The second-order valence-corrected chi connectivity index (χ2v) is 8.48. The lowest BCUT2D eigenvalue weighted by atomic mass is 9.97. The highest BCUT2D eigenvalue weighted by atomic mass is 16.7. The first kappa shape index (κ1) is 29.0. The van der Waals surface area contributed by atoms with E-state index in [2.05, 4.69) is 18.5 Å². The number of hydrogen-bond acceptors (Lipinski definition) is 9. The van der Waals surface area contributed by atoms with Gasteiger partial charge in [0.1, 0.15) is 6.10 Å². The molecule has 1 saturated heterocycles. The molecule has 1 amide bonds. The van der Waals surface area contributed by atoms with E-state index in [0.29, 0.717) is 18.5 Å². The lowest BCUT2D eigenvalue weighted by molar-refractivity contribution is -0.300. The molecule has 7 atom stereocenters. The van der Waals surface area contributed by atoms with Gasteiger partial charge in [-0.2, -0.15) is 0 Å². The molecule has 10 heteroatoms. The van der Waals surface area contributed by atoms with Crippen molar-refractivity contribution in [2.45, 2.75) is 57.4 Å². The minimum atomic E-state index is -1.33. The van der Waals surface area contributed by atoms with Gasteiger partial charge in [0.15, 0.2) is 24.6 Å². The average Bonchev–Trinajstić information content (AvgIpc) is 2.86. The smallest absolute Gasteiger partial charge is 0.412 e. The number of amides is 1. The predicted octanol–water partition coefficient (Wildman–Crippen LogP) is 3.22. The van der Waals surface area contributed by atoms with Crippen LogP contribution in [0.3, 0.4) is 0 Å². The highest BCUT2D eigenvalue weighted by Crippen LogP contribution is 2.30. The number of carbonyl (C=O) groups excluding carboxylic acids is 3. The third kappa shape index (κ3) is 7.91. The quantitative estimate of drug-likeness (QED) is 0.250. The molecule has 36 heavy (non-hydrogen) atoms. The zero-order valence-electron chi connectivity index (χ0n) is 20.8. The predicted molar refractivity (Wildman–Crippen MR) is 131 cm³/mol. The number of allylic oxidation sites excluding steroid dienone is 2. The van der Waals surface area contributed by atoms with Crippen LogP contribution in [0.25, 0.3) is 0 Å². The van der Waals surface area contributed by atoms with E-state index < -0.39 is 67.2 Å². The molecule has 0 aliphatic carbocycles. The summed E-state index contributed by atoms with van der Waals surface area (Å²) < 4.78 is 28.0. The Morgan fingerprint density at radius 3 is 2.03 bits per heavy atom. The Balaban J connectivity index is 2.38. The molecule has 0 radical (unpaired) electrons. The SMILES string of the molecule is C=CC[C@H](C)C(=O)O[C@@H]1[C@H](OC(=O)[C@@H](C)CC=C)[C@@H](OC)O[C@H](CO)[C@H]1OC(=O)Nc1ccccc1. The normalized spacial score (nSPS) is 25.1. The average molecular weight is 506 g/mol. The highest BCUT2D eigenvalue weighted by molar-refractivity contribution is 5.84. The third-order valence-corrected chi connectivity index (χ3v) is 5.62. The van der Waals surface area contributed by atoms with Gasteiger partial charge in [-0.3, -0.25) is 14.9 Å². The molecule has 1 aliphatic heterocycles. The fourth-order valence-electron chi connectivity index (χ4n) is 3.60. The second-order valence-electron chi connectivity index (χ2n) is 8.48. The van der Waals surface area contributed by atoms with E-state index in [1.165, 1.54) is 7.11 Å². The lowest BCUT2D eigenvalue weighted by Gasteiger charge is -2.44. The van der Waals surface area contributed by atoms with Crippen molar-refractivity contribution in [2.24, 2.45) is 11.8 Å². The van der Waals surface area contributed by atoms with Crippen molar-refractivity contribution >= 4 is 23.7 Å².